The number of sulfonamides is 1. The number of benzene rings is 3. The summed E-state index contributed by atoms with van der Waals surface area (Å²) in [7, 11) is -3.87. The van der Waals surface area contributed by atoms with Crippen LogP contribution < -0.4 is 4.72 Å². The predicted octanol–water partition coefficient (Wildman–Crippen LogP) is 4.30. The van der Waals surface area contributed by atoms with E-state index in [9.17, 15) is 18.5 Å². The second-order valence-corrected chi connectivity index (χ2v) is 7.35. The molecule has 4 aromatic rings. The molecular weight excluding hydrogens is 356 g/mol. The van der Waals surface area contributed by atoms with Gasteiger partial charge in [-0.05, 0) is 30.3 Å². The number of hydrogen-bond donors (Lipinski definition) is 1. The summed E-state index contributed by atoms with van der Waals surface area (Å²) in [6, 6.07) is 17.3. The Morgan fingerprint density at radius 2 is 1.58 bits per heavy atom. The molecule has 0 aliphatic heterocycles. The molecule has 0 unspecified atom stereocenters. The summed E-state index contributed by atoms with van der Waals surface area (Å²) < 4.78 is 33.2. The molecule has 0 radical (unpaired) electrons. The molecule has 0 saturated heterocycles. The van der Waals surface area contributed by atoms with Crippen LogP contribution in [-0.2, 0) is 10.0 Å². The van der Waals surface area contributed by atoms with Crippen LogP contribution in [0, 0.1) is 10.1 Å². The first-order valence-electron chi connectivity index (χ1n) is 7.63. The van der Waals surface area contributed by atoms with Gasteiger partial charge in [0.15, 0.2) is 0 Å². The molecule has 1 N–H and O–H groups in total. The van der Waals surface area contributed by atoms with E-state index < -0.39 is 14.9 Å². The lowest BCUT2D eigenvalue weighted by atomic mass is 10.1. The maximum atomic E-state index is 12.5. The fraction of sp³-hybridized carbons (Fsp3) is 0. The average molecular weight is 368 g/mol. The van der Waals surface area contributed by atoms with Gasteiger partial charge in [-0.3, -0.25) is 14.8 Å². The summed E-state index contributed by atoms with van der Waals surface area (Å²) in [5.41, 5.74) is 1.45. The molecule has 3 aromatic carbocycles. The van der Waals surface area contributed by atoms with Crippen molar-refractivity contribution in [2.75, 3.05) is 4.72 Å². The number of hydrogen-bond acceptors (Lipinski definition) is 5. The molecule has 0 fully saturated rings. The molecule has 0 spiro atoms. The number of fused-ring (bicyclic) bond motifs is 3. The highest BCUT2D eigenvalue weighted by Crippen LogP contribution is 2.31. The van der Waals surface area contributed by atoms with Crippen molar-refractivity contribution in [3.8, 4) is 0 Å². The van der Waals surface area contributed by atoms with Gasteiger partial charge >= 0.3 is 0 Å². The number of furan rings is 1. The standard InChI is InChI=1S/C18H12N2O5S/c21-20(22)13-6-8-14(9-7-13)26(23,24)19-12-5-10-16-15-3-1-2-4-17(15)25-18(16)11-12/h1-11,19H. The Kier molecular flexibility index (Phi) is 3.62. The van der Waals surface area contributed by atoms with E-state index in [0.717, 1.165) is 28.5 Å². The highest BCUT2D eigenvalue weighted by Gasteiger charge is 2.17. The molecule has 8 heteroatoms. The molecule has 26 heavy (non-hydrogen) atoms. The maximum Gasteiger partial charge on any atom is 0.269 e. The number of non-ortho nitro benzene ring substituents is 1. The van der Waals surface area contributed by atoms with Crippen LogP contribution in [0.4, 0.5) is 11.4 Å². The van der Waals surface area contributed by atoms with Gasteiger partial charge in [0.25, 0.3) is 15.7 Å². The van der Waals surface area contributed by atoms with Crippen molar-refractivity contribution in [2.24, 2.45) is 0 Å². The summed E-state index contributed by atoms with van der Waals surface area (Å²) in [5, 5.41) is 12.5. The van der Waals surface area contributed by atoms with Crippen molar-refractivity contribution in [3.63, 3.8) is 0 Å². The Morgan fingerprint density at radius 1 is 0.885 bits per heavy atom. The van der Waals surface area contributed by atoms with Gasteiger partial charge in [-0.1, -0.05) is 18.2 Å². The van der Waals surface area contributed by atoms with Crippen molar-refractivity contribution >= 4 is 43.3 Å². The number of rotatable bonds is 4. The van der Waals surface area contributed by atoms with Gasteiger partial charge in [0.1, 0.15) is 11.2 Å². The van der Waals surface area contributed by atoms with E-state index in [1.807, 2.05) is 24.3 Å². The van der Waals surface area contributed by atoms with E-state index in [2.05, 4.69) is 4.72 Å². The van der Waals surface area contributed by atoms with Crippen LogP contribution in [0.1, 0.15) is 0 Å². The van der Waals surface area contributed by atoms with E-state index in [1.165, 1.54) is 12.1 Å². The third-order valence-corrected chi connectivity index (χ3v) is 5.39. The van der Waals surface area contributed by atoms with Gasteiger partial charge in [0.05, 0.1) is 15.5 Å². The normalized spacial score (nSPS) is 11.7. The van der Waals surface area contributed by atoms with Gasteiger partial charge in [-0.15, -0.1) is 0 Å². The van der Waals surface area contributed by atoms with Crippen molar-refractivity contribution in [2.45, 2.75) is 4.90 Å². The lowest BCUT2D eigenvalue weighted by Gasteiger charge is -2.07. The molecular formula is C18H12N2O5S. The number of nitro groups is 1. The molecule has 0 aliphatic carbocycles. The molecule has 4 rings (SSSR count). The fourth-order valence-electron chi connectivity index (χ4n) is 2.75. The summed E-state index contributed by atoms with van der Waals surface area (Å²) >= 11 is 0. The summed E-state index contributed by atoms with van der Waals surface area (Å²) in [5.74, 6) is 0. The maximum absolute atomic E-state index is 12.5. The summed E-state index contributed by atoms with van der Waals surface area (Å²) in [4.78, 5) is 10.0. The number of para-hydroxylation sites is 1. The number of nitro benzene ring substituents is 1. The lowest BCUT2D eigenvalue weighted by Crippen LogP contribution is -2.12. The van der Waals surface area contributed by atoms with E-state index >= 15 is 0 Å². The smallest absolute Gasteiger partial charge is 0.269 e. The first-order chi connectivity index (χ1) is 12.4. The highest BCUT2D eigenvalue weighted by atomic mass is 32.2. The van der Waals surface area contributed by atoms with Crippen LogP contribution in [0.15, 0.2) is 76.0 Å². The SMILES string of the molecule is O=[N+]([O-])c1ccc(S(=O)(=O)Nc2ccc3c(c2)oc2ccccc23)cc1. The van der Waals surface area contributed by atoms with Crippen LogP contribution in [0.3, 0.4) is 0 Å². The van der Waals surface area contributed by atoms with E-state index in [0.29, 0.717) is 11.3 Å². The largest absolute Gasteiger partial charge is 0.456 e. The molecule has 1 heterocycles. The summed E-state index contributed by atoms with van der Waals surface area (Å²) in [6.07, 6.45) is 0. The van der Waals surface area contributed by atoms with Gasteiger partial charge in [-0.25, -0.2) is 8.42 Å². The lowest BCUT2D eigenvalue weighted by molar-refractivity contribution is -0.384. The molecule has 0 amide bonds. The summed E-state index contributed by atoms with van der Waals surface area (Å²) in [6.45, 7) is 0. The number of anilines is 1. The minimum absolute atomic E-state index is 0.0622. The third kappa shape index (κ3) is 2.76. The monoisotopic (exact) mass is 368 g/mol. The van der Waals surface area contributed by atoms with Crippen molar-refractivity contribution in [1.29, 1.82) is 0 Å². The Morgan fingerprint density at radius 3 is 2.31 bits per heavy atom. The zero-order valence-electron chi connectivity index (χ0n) is 13.2. The molecule has 0 saturated carbocycles. The van der Waals surface area contributed by atoms with E-state index in [1.54, 1.807) is 18.2 Å². The van der Waals surface area contributed by atoms with Crippen LogP contribution in [0.25, 0.3) is 21.9 Å². The third-order valence-electron chi connectivity index (χ3n) is 3.99. The minimum atomic E-state index is -3.87. The fourth-order valence-corrected chi connectivity index (χ4v) is 3.80. The Hall–Kier alpha value is -3.39. The van der Waals surface area contributed by atoms with Crippen LogP contribution in [0.2, 0.25) is 0 Å². The van der Waals surface area contributed by atoms with Crippen molar-refractivity contribution in [1.82, 2.24) is 0 Å². The van der Waals surface area contributed by atoms with E-state index in [4.69, 9.17) is 4.42 Å². The molecule has 0 bridgehead atoms. The number of nitrogens with zero attached hydrogens (tertiary/aromatic N) is 1. The van der Waals surface area contributed by atoms with E-state index in [-0.39, 0.29) is 10.6 Å². The number of nitrogens with one attached hydrogen (secondary N) is 1. The van der Waals surface area contributed by atoms with Crippen LogP contribution in [0.5, 0.6) is 0 Å². The van der Waals surface area contributed by atoms with Crippen molar-refractivity contribution in [3.05, 3.63) is 76.8 Å². The Bertz CT molecular complexity index is 1240. The van der Waals surface area contributed by atoms with Crippen LogP contribution in [-0.4, -0.2) is 13.3 Å². The zero-order chi connectivity index (χ0) is 18.3. The average Bonchev–Trinajstić information content (AvgIpc) is 2.99. The molecule has 7 nitrogen and oxygen atoms in total. The zero-order valence-corrected chi connectivity index (χ0v) is 14.1. The van der Waals surface area contributed by atoms with Gasteiger partial charge in [-0.2, -0.15) is 0 Å². The van der Waals surface area contributed by atoms with Gasteiger partial charge < -0.3 is 4.42 Å². The minimum Gasteiger partial charge on any atom is -0.456 e. The second-order valence-electron chi connectivity index (χ2n) is 5.67. The van der Waals surface area contributed by atoms with Crippen molar-refractivity contribution < 1.29 is 17.8 Å². The first-order valence-corrected chi connectivity index (χ1v) is 9.11. The van der Waals surface area contributed by atoms with Crippen LogP contribution >= 0.6 is 0 Å². The quantitative estimate of drug-likeness (QED) is 0.427. The van der Waals surface area contributed by atoms with Gasteiger partial charge in [0, 0.05) is 29.0 Å². The topological polar surface area (TPSA) is 102 Å². The Balaban J connectivity index is 1.69. The molecule has 0 aliphatic rings. The molecule has 130 valence electrons. The second kappa shape index (κ2) is 5.85. The first kappa shape index (κ1) is 16.1. The highest BCUT2D eigenvalue weighted by molar-refractivity contribution is 7.92. The van der Waals surface area contributed by atoms with Gasteiger partial charge in [0.2, 0.25) is 0 Å². The predicted molar refractivity (Wildman–Crippen MR) is 97.6 cm³/mol. The molecule has 0 atom stereocenters. The molecule has 1 aromatic heterocycles. The Labute approximate surface area is 148 Å².